The van der Waals surface area contributed by atoms with Crippen molar-refractivity contribution in [2.45, 2.75) is 0 Å². The Morgan fingerprint density at radius 3 is 2.94 bits per heavy atom. The standard InChI is InChI=1S/C9H12N4O3/c14-9(15)7-1-2-10-11-8(7)12-13-3-5-16-6-4-13/h1-2H,3-6H2,(H,11,12)(H,14,15). The van der Waals surface area contributed by atoms with Gasteiger partial charge < -0.3 is 15.3 Å². The van der Waals surface area contributed by atoms with Crippen molar-refractivity contribution in [3.8, 4) is 0 Å². The quantitative estimate of drug-likeness (QED) is 0.737. The van der Waals surface area contributed by atoms with Crippen molar-refractivity contribution in [3.63, 3.8) is 0 Å². The molecule has 1 saturated heterocycles. The molecule has 1 aliphatic heterocycles. The number of rotatable bonds is 3. The Morgan fingerprint density at radius 2 is 2.25 bits per heavy atom. The fourth-order valence-electron chi connectivity index (χ4n) is 1.41. The first-order chi connectivity index (χ1) is 7.77. The van der Waals surface area contributed by atoms with E-state index >= 15 is 0 Å². The molecule has 0 atom stereocenters. The second kappa shape index (κ2) is 4.86. The summed E-state index contributed by atoms with van der Waals surface area (Å²) in [6, 6.07) is 1.41. The lowest BCUT2D eigenvalue weighted by atomic mass is 10.3. The number of morpholine rings is 1. The molecule has 7 heteroatoms. The van der Waals surface area contributed by atoms with Crippen molar-refractivity contribution in [1.29, 1.82) is 0 Å². The van der Waals surface area contributed by atoms with Gasteiger partial charge in [0, 0.05) is 13.1 Å². The lowest BCUT2D eigenvalue weighted by Crippen LogP contribution is -2.40. The number of carbonyl (C=O) groups is 1. The van der Waals surface area contributed by atoms with Crippen molar-refractivity contribution in [2.24, 2.45) is 0 Å². The number of nitrogens with one attached hydrogen (secondary N) is 1. The van der Waals surface area contributed by atoms with Crippen LogP contribution in [0.4, 0.5) is 5.82 Å². The molecule has 0 amide bonds. The number of hydrazine groups is 1. The number of ether oxygens (including phenoxy) is 1. The van der Waals surface area contributed by atoms with Crippen LogP contribution in [0.5, 0.6) is 0 Å². The van der Waals surface area contributed by atoms with Gasteiger partial charge in [0.1, 0.15) is 5.56 Å². The zero-order valence-electron chi connectivity index (χ0n) is 8.59. The van der Waals surface area contributed by atoms with E-state index in [1.165, 1.54) is 12.3 Å². The molecule has 0 aliphatic carbocycles. The number of carboxylic acid groups (broad SMARTS) is 1. The van der Waals surface area contributed by atoms with E-state index in [1.807, 2.05) is 5.01 Å². The molecule has 0 radical (unpaired) electrons. The van der Waals surface area contributed by atoms with Gasteiger partial charge in [-0.2, -0.15) is 5.10 Å². The van der Waals surface area contributed by atoms with Crippen LogP contribution < -0.4 is 5.43 Å². The minimum Gasteiger partial charge on any atom is -0.478 e. The predicted molar refractivity (Wildman–Crippen MR) is 55.0 cm³/mol. The van der Waals surface area contributed by atoms with Crippen molar-refractivity contribution in [3.05, 3.63) is 17.8 Å². The van der Waals surface area contributed by atoms with E-state index in [0.717, 1.165) is 0 Å². The summed E-state index contributed by atoms with van der Waals surface area (Å²) in [6.07, 6.45) is 1.36. The Hall–Kier alpha value is -1.73. The van der Waals surface area contributed by atoms with Gasteiger partial charge >= 0.3 is 5.97 Å². The molecule has 0 bridgehead atoms. The Morgan fingerprint density at radius 1 is 1.50 bits per heavy atom. The van der Waals surface area contributed by atoms with Gasteiger partial charge in [0.15, 0.2) is 5.82 Å². The topological polar surface area (TPSA) is 87.6 Å². The van der Waals surface area contributed by atoms with Crippen LogP contribution in [-0.4, -0.2) is 52.6 Å². The largest absolute Gasteiger partial charge is 0.478 e. The van der Waals surface area contributed by atoms with E-state index < -0.39 is 5.97 Å². The van der Waals surface area contributed by atoms with E-state index in [4.69, 9.17) is 9.84 Å². The highest BCUT2D eigenvalue weighted by Crippen LogP contribution is 2.11. The maximum atomic E-state index is 10.9. The predicted octanol–water partition coefficient (Wildman–Crippen LogP) is -0.166. The number of aromatic carboxylic acids is 1. The highest BCUT2D eigenvalue weighted by atomic mass is 16.5. The van der Waals surface area contributed by atoms with Crippen molar-refractivity contribution >= 4 is 11.8 Å². The molecule has 1 aromatic heterocycles. The number of hydrogen-bond donors (Lipinski definition) is 2. The lowest BCUT2D eigenvalue weighted by Gasteiger charge is -2.27. The average Bonchev–Trinajstić information content (AvgIpc) is 2.31. The number of anilines is 1. The van der Waals surface area contributed by atoms with Crippen LogP contribution in [-0.2, 0) is 4.74 Å². The summed E-state index contributed by atoms with van der Waals surface area (Å²) in [5.74, 6) is -0.762. The summed E-state index contributed by atoms with van der Waals surface area (Å²) in [5.41, 5.74) is 3.04. The highest BCUT2D eigenvalue weighted by molar-refractivity contribution is 5.92. The van der Waals surface area contributed by atoms with Gasteiger partial charge in [0.2, 0.25) is 0 Å². The Labute approximate surface area is 92.0 Å². The molecule has 7 nitrogen and oxygen atoms in total. The van der Waals surface area contributed by atoms with Gasteiger partial charge in [-0.05, 0) is 6.07 Å². The second-order valence-electron chi connectivity index (χ2n) is 3.31. The Kier molecular flexibility index (Phi) is 3.28. The molecule has 86 valence electrons. The van der Waals surface area contributed by atoms with Crippen LogP contribution in [0.2, 0.25) is 0 Å². The van der Waals surface area contributed by atoms with Crippen LogP contribution in [0.1, 0.15) is 10.4 Å². The smallest absolute Gasteiger partial charge is 0.339 e. The molecule has 0 unspecified atom stereocenters. The molecule has 0 saturated carbocycles. The number of hydrogen-bond acceptors (Lipinski definition) is 6. The van der Waals surface area contributed by atoms with Crippen LogP contribution in [0.25, 0.3) is 0 Å². The van der Waals surface area contributed by atoms with Crippen molar-refractivity contribution < 1.29 is 14.6 Å². The summed E-state index contributed by atoms with van der Waals surface area (Å²) in [5, 5.41) is 18.2. The van der Waals surface area contributed by atoms with Gasteiger partial charge in [-0.25, -0.2) is 9.80 Å². The summed E-state index contributed by atoms with van der Waals surface area (Å²) < 4.78 is 5.18. The van der Waals surface area contributed by atoms with E-state index in [2.05, 4.69) is 15.6 Å². The third-order valence-corrected chi connectivity index (χ3v) is 2.23. The second-order valence-corrected chi connectivity index (χ2v) is 3.31. The first-order valence-corrected chi connectivity index (χ1v) is 4.91. The van der Waals surface area contributed by atoms with E-state index in [0.29, 0.717) is 26.3 Å². The Bertz CT molecular complexity index is 379. The zero-order chi connectivity index (χ0) is 11.4. The van der Waals surface area contributed by atoms with Crippen molar-refractivity contribution in [1.82, 2.24) is 15.2 Å². The number of nitrogens with zero attached hydrogens (tertiary/aromatic N) is 3. The molecule has 16 heavy (non-hydrogen) atoms. The summed E-state index contributed by atoms with van der Waals surface area (Å²) in [7, 11) is 0. The molecule has 2 heterocycles. The SMILES string of the molecule is O=C(O)c1ccnnc1NN1CCOCC1. The first kappa shape index (κ1) is 10.8. The van der Waals surface area contributed by atoms with Gasteiger partial charge in [0.05, 0.1) is 19.4 Å². The molecule has 2 rings (SSSR count). The Balaban J connectivity index is 2.10. The maximum absolute atomic E-state index is 10.9. The zero-order valence-corrected chi connectivity index (χ0v) is 8.59. The van der Waals surface area contributed by atoms with Crippen LogP contribution in [0.3, 0.4) is 0 Å². The molecule has 0 aromatic carbocycles. The van der Waals surface area contributed by atoms with E-state index in [9.17, 15) is 4.79 Å². The van der Waals surface area contributed by atoms with Gasteiger partial charge in [-0.15, -0.1) is 5.10 Å². The summed E-state index contributed by atoms with van der Waals surface area (Å²) in [4.78, 5) is 10.9. The number of aromatic nitrogens is 2. The maximum Gasteiger partial charge on any atom is 0.339 e. The highest BCUT2D eigenvalue weighted by Gasteiger charge is 2.16. The van der Waals surface area contributed by atoms with Crippen LogP contribution >= 0.6 is 0 Å². The molecule has 1 fully saturated rings. The molecule has 1 aliphatic rings. The molecule has 2 N–H and O–H groups in total. The van der Waals surface area contributed by atoms with Crippen LogP contribution in [0, 0.1) is 0 Å². The minimum absolute atomic E-state index is 0.112. The average molecular weight is 224 g/mol. The summed E-state index contributed by atoms with van der Waals surface area (Å²) >= 11 is 0. The summed E-state index contributed by atoms with van der Waals surface area (Å²) in [6.45, 7) is 2.62. The third-order valence-electron chi connectivity index (χ3n) is 2.23. The van der Waals surface area contributed by atoms with Gasteiger partial charge in [-0.3, -0.25) is 0 Å². The fourth-order valence-corrected chi connectivity index (χ4v) is 1.41. The minimum atomic E-state index is -1.02. The first-order valence-electron chi connectivity index (χ1n) is 4.91. The third kappa shape index (κ3) is 2.44. The molecule has 1 aromatic rings. The fraction of sp³-hybridized carbons (Fsp3) is 0.444. The normalized spacial score (nSPS) is 17.0. The lowest BCUT2D eigenvalue weighted by molar-refractivity contribution is 0.0492. The van der Waals surface area contributed by atoms with Gasteiger partial charge in [-0.1, -0.05) is 0 Å². The van der Waals surface area contributed by atoms with Crippen LogP contribution in [0.15, 0.2) is 12.3 Å². The molecular weight excluding hydrogens is 212 g/mol. The van der Waals surface area contributed by atoms with E-state index in [1.54, 1.807) is 0 Å². The monoisotopic (exact) mass is 224 g/mol. The number of carboxylic acids is 1. The molecule has 0 spiro atoms. The molecular formula is C9H12N4O3. The van der Waals surface area contributed by atoms with Crippen molar-refractivity contribution in [2.75, 3.05) is 31.7 Å². The van der Waals surface area contributed by atoms with Gasteiger partial charge in [0.25, 0.3) is 0 Å². The van der Waals surface area contributed by atoms with E-state index in [-0.39, 0.29) is 11.4 Å².